The number of nitrogens with zero attached hydrogens (tertiary/aromatic N) is 2. The predicted molar refractivity (Wildman–Crippen MR) is 90.2 cm³/mol. The van der Waals surface area contributed by atoms with Crippen molar-refractivity contribution in [2.75, 3.05) is 5.43 Å². The molecule has 2 aromatic carbocycles. The summed E-state index contributed by atoms with van der Waals surface area (Å²) >= 11 is 7.34. The summed E-state index contributed by atoms with van der Waals surface area (Å²) in [7, 11) is 0. The van der Waals surface area contributed by atoms with Crippen LogP contribution in [0.1, 0.15) is 5.56 Å². The van der Waals surface area contributed by atoms with Crippen LogP contribution in [0.5, 0.6) is 0 Å². The summed E-state index contributed by atoms with van der Waals surface area (Å²) in [6.07, 6.45) is 1.67. The fourth-order valence-electron chi connectivity index (χ4n) is 1.83. The van der Waals surface area contributed by atoms with Crippen molar-refractivity contribution in [3.63, 3.8) is 0 Å². The lowest BCUT2D eigenvalue weighted by atomic mass is 10.2. The Labute approximate surface area is 136 Å². The molecular formula is C16H11ClFN3S. The second-order valence-electron chi connectivity index (χ2n) is 4.47. The van der Waals surface area contributed by atoms with Gasteiger partial charge in [0, 0.05) is 16.0 Å². The van der Waals surface area contributed by atoms with E-state index in [9.17, 15) is 4.39 Å². The van der Waals surface area contributed by atoms with Gasteiger partial charge in [0.15, 0.2) is 0 Å². The molecule has 0 saturated carbocycles. The summed E-state index contributed by atoms with van der Waals surface area (Å²) in [6.45, 7) is 0. The van der Waals surface area contributed by atoms with Crippen LogP contribution < -0.4 is 5.43 Å². The molecular weight excluding hydrogens is 321 g/mol. The normalized spacial score (nSPS) is 11.0. The molecule has 0 unspecified atom stereocenters. The van der Waals surface area contributed by atoms with E-state index in [1.807, 2.05) is 29.6 Å². The molecule has 0 aliphatic carbocycles. The smallest absolute Gasteiger partial charge is 0.203 e. The first-order valence-corrected chi connectivity index (χ1v) is 7.72. The van der Waals surface area contributed by atoms with Crippen LogP contribution in [0, 0.1) is 5.82 Å². The van der Waals surface area contributed by atoms with Crippen molar-refractivity contribution in [3.05, 3.63) is 70.3 Å². The zero-order valence-corrected chi connectivity index (χ0v) is 12.9. The number of aromatic nitrogens is 1. The fraction of sp³-hybridized carbons (Fsp3) is 0. The van der Waals surface area contributed by atoms with E-state index in [4.69, 9.17) is 11.6 Å². The number of hydrazone groups is 1. The molecule has 1 aromatic heterocycles. The summed E-state index contributed by atoms with van der Waals surface area (Å²) in [4.78, 5) is 4.40. The standard InChI is InChI=1S/C16H11ClFN3S/c17-13-3-1-2-11(8-13)9-19-21-16-20-15(10-22-16)12-4-6-14(18)7-5-12/h1-10H,(H,20,21)/b19-9+. The molecule has 22 heavy (non-hydrogen) atoms. The Morgan fingerprint density at radius 1 is 1.18 bits per heavy atom. The topological polar surface area (TPSA) is 37.3 Å². The molecule has 1 N–H and O–H groups in total. The maximum Gasteiger partial charge on any atom is 0.203 e. The molecule has 0 atom stereocenters. The van der Waals surface area contributed by atoms with Gasteiger partial charge in [-0.3, -0.25) is 5.43 Å². The molecule has 0 spiro atoms. The highest BCUT2D eigenvalue weighted by Gasteiger charge is 2.03. The van der Waals surface area contributed by atoms with E-state index in [0.717, 1.165) is 16.8 Å². The monoisotopic (exact) mass is 331 g/mol. The molecule has 3 aromatic rings. The summed E-state index contributed by atoms with van der Waals surface area (Å²) in [5.74, 6) is -0.261. The van der Waals surface area contributed by atoms with Crippen LogP contribution >= 0.6 is 22.9 Å². The highest BCUT2D eigenvalue weighted by molar-refractivity contribution is 7.14. The van der Waals surface area contributed by atoms with Crippen molar-refractivity contribution in [3.8, 4) is 11.3 Å². The highest BCUT2D eigenvalue weighted by atomic mass is 35.5. The molecule has 0 bridgehead atoms. The third-order valence-corrected chi connectivity index (χ3v) is 3.85. The van der Waals surface area contributed by atoms with E-state index in [-0.39, 0.29) is 5.82 Å². The van der Waals surface area contributed by atoms with Gasteiger partial charge in [0.1, 0.15) is 5.82 Å². The van der Waals surface area contributed by atoms with Crippen LogP contribution in [0.15, 0.2) is 59.0 Å². The number of benzene rings is 2. The summed E-state index contributed by atoms with van der Waals surface area (Å²) in [5.41, 5.74) is 5.42. The molecule has 0 saturated heterocycles. The van der Waals surface area contributed by atoms with E-state index in [1.54, 1.807) is 18.3 Å². The van der Waals surface area contributed by atoms with Crippen molar-refractivity contribution in [2.24, 2.45) is 5.10 Å². The summed E-state index contributed by atoms with van der Waals surface area (Å²) in [6, 6.07) is 13.6. The first-order valence-electron chi connectivity index (χ1n) is 6.47. The van der Waals surface area contributed by atoms with Crippen LogP contribution in [0.4, 0.5) is 9.52 Å². The Bertz CT molecular complexity index is 799. The Kier molecular flexibility index (Phi) is 4.46. The van der Waals surface area contributed by atoms with Crippen LogP contribution in [0.25, 0.3) is 11.3 Å². The minimum atomic E-state index is -0.261. The van der Waals surface area contributed by atoms with Crippen molar-refractivity contribution >= 4 is 34.3 Å². The van der Waals surface area contributed by atoms with Gasteiger partial charge in [-0.15, -0.1) is 11.3 Å². The largest absolute Gasteiger partial charge is 0.253 e. The zero-order valence-electron chi connectivity index (χ0n) is 11.3. The SMILES string of the molecule is Fc1ccc(-c2csc(N/N=C/c3cccc(Cl)c3)n2)cc1. The lowest BCUT2D eigenvalue weighted by molar-refractivity contribution is 0.628. The molecule has 0 aliphatic heterocycles. The van der Waals surface area contributed by atoms with E-state index in [1.165, 1.54) is 23.5 Å². The molecule has 0 fully saturated rings. The van der Waals surface area contributed by atoms with Crippen LogP contribution in [0.2, 0.25) is 5.02 Å². The van der Waals surface area contributed by atoms with Gasteiger partial charge in [-0.1, -0.05) is 23.7 Å². The van der Waals surface area contributed by atoms with Gasteiger partial charge in [0.25, 0.3) is 0 Å². The van der Waals surface area contributed by atoms with Gasteiger partial charge < -0.3 is 0 Å². The number of hydrogen-bond donors (Lipinski definition) is 1. The lowest BCUT2D eigenvalue weighted by Gasteiger charge is -1.96. The number of anilines is 1. The molecule has 1 heterocycles. The third kappa shape index (κ3) is 3.69. The number of hydrogen-bond acceptors (Lipinski definition) is 4. The minimum absolute atomic E-state index is 0.261. The van der Waals surface area contributed by atoms with Crippen molar-refractivity contribution in [1.82, 2.24) is 4.98 Å². The Morgan fingerprint density at radius 3 is 2.77 bits per heavy atom. The predicted octanol–water partition coefficient (Wildman–Crippen LogP) is 5.05. The first kappa shape index (κ1) is 14.7. The average Bonchev–Trinajstić information content (AvgIpc) is 2.97. The Morgan fingerprint density at radius 2 is 2.00 bits per heavy atom. The van der Waals surface area contributed by atoms with E-state index in [0.29, 0.717) is 10.2 Å². The summed E-state index contributed by atoms with van der Waals surface area (Å²) in [5, 5.41) is 7.35. The molecule has 0 amide bonds. The quantitative estimate of drug-likeness (QED) is 0.536. The number of thiazole rings is 1. The van der Waals surface area contributed by atoms with Crippen LogP contribution in [0.3, 0.4) is 0 Å². The average molecular weight is 332 g/mol. The molecule has 6 heteroatoms. The van der Waals surface area contributed by atoms with E-state index >= 15 is 0 Å². The van der Waals surface area contributed by atoms with Crippen molar-refractivity contribution in [1.29, 1.82) is 0 Å². The molecule has 0 radical (unpaired) electrons. The highest BCUT2D eigenvalue weighted by Crippen LogP contribution is 2.24. The van der Waals surface area contributed by atoms with Gasteiger partial charge in [-0.05, 0) is 42.0 Å². The number of rotatable bonds is 4. The van der Waals surface area contributed by atoms with E-state index < -0.39 is 0 Å². The Balaban J connectivity index is 1.68. The van der Waals surface area contributed by atoms with Gasteiger partial charge in [0.05, 0.1) is 11.9 Å². The summed E-state index contributed by atoms with van der Waals surface area (Å²) < 4.78 is 12.9. The van der Waals surface area contributed by atoms with Gasteiger partial charge in [0.2, 0.25) is 5.13 Å². The third-order valence-electron chi connectivity index (χ3n) is 2.87. The number of halogens is 2. The molecule has 3 nitrogen and oxygen atoms in total. The van der Waals surface area contributed by atoms with Crippen molar-refractivity contribution in [2.45, 2.75) is 0 Å². The molecule has 0 aliphatic rings. The number of nitrogens with one attached hydrogen (secondary N) is 1. The zero-order chi connectivity index (χ0) is 15.4. The van der Waals surface area contributed by atoms with E-state index in [2.05, 4.69) is 15.5 Å². The fourth-order valence-corrected chi connectivity index (χ4v) is 2.69. The maximum absolute atomic E-state index is 12.9. The molecule has 3 rings (SSSR count). The van der Waals surface area contributed by atoms with Gasteiger partial charge in [-0.2, -0.15) is 5.10 Å². The van der Waals surface area contributed by atoms with Gasteiger partial charge in [-0.25, -0.2) is 9.37 Å². The molecule has 110 valence electrons. The van der Waals surface area contributed by atoms with Crippen molar-refractivity contribution < 1.29 is 4.39 Å². The lowest BCUT2D eigenvalue weighted by Crippen LogP contribution is -1.90. The minimum Gasteiger partial charge on any atom is -0.253 e. The van der Waals surface area contributed by atoms with Crippen LogP contribution in [-0.4, -0.2) is 11.2 Å². The second-order valence-corrected chi connectivity index (χ2v) is 5.76. The Hall–Kier alpha value is -2.24. The maximum atomic E-state index is 12.9. The first-order chi connectivity index (χ1) is 10.7. The second kappa shape index (κ2) is 6.68. The van der Waals surface area contributed by atoms with Crippen LogP contribution in [-0.2, 0) is 0 Å². The van der Waals surface area contributed by atoms with Gasteiger partial charge >= 0.3 is 0 Å².